The Hall–Kier alpha value is -2.19. The normalized spacial score (nSPS) is 18.6. The maximum Gasteiger partial charge on any atom is 0.293 e. The SMILES string of the molecule is O=C(NC1CCCCC1)c1ccc(NCCCN2CCOCC2)c([N+](=O)[O-])c1. The van der Waals surface area contributed by atoms with E-state index in [0.717, 1.165) is 65.0 Å². The van der Waals surface area contributed by atoms with E-state index in [1.807, 2.05) is 0 Å². The number of carbonyl (C=O) groups is 1. The Bertz CT molecular complexity index is 670. The summed E-state index contributed by atoms with van der Waals surface area (Å²) in [5.41, 5.74) is 0.750. The van der Waals surface area contributed by atoms with Gasteiger partial charge < -0.3 is 15.4 Å². The number of carbonyl (C=O) groups excluding carboxylic acids is 1. The number of anilines is 1. The molecule has 8 heteroatoms. The van der Waals surface area contributed by atoms with Crippen molar-refractivity contribution in [2.24, 2.45) is 0 Å². The summed E-state index contributed by atoms with van der Waals surface area (Å²) < 4.78 is 5.33. The highest BCUT2D eigenvalue weighted by atomic mass is 16.6. The molecule has 8 nitrogen and oxygen atoms in total. The van der Waals surface area contributed by atoms with Crippen molar-refractivity contribution in [2.45, 2.75) is 44.6 Å². The lowest BCUT2D eigenvalue weighted by Crippen LogP contribution is -2.37. The van der Waals surface area contributed by atoms with Crippen molar-refractivity contribution in [1.29, 1.82) is 0 Å². The minimum absolute atomic E-state index is 0.0531. The van der Waals surface area contributed by atoms with Crippen LogP contribution in [-0.2, 0) is 4.74 Å². The summed E-state index contributed by atoms with van der Waals surface area (Å²) in [7, 11) is 0. The topological polar surface area (TPSA) is 96.7 Å². The van der Waals surface area contributed by atoms with E-state index in [9.17, 15) is 14.9 Å². The molecule has 1 aliphatic carbocycles. The highest BCUT2D eigenvalue weighted by Gasteiger charge is 2.20. The molecule has 1 heterocycles. The number of ether oxygens (including phenoxy) is 1. The monoisotopic (exact) mass is 390 g/mol. The van der Waals surface area contributed by atoms with Gasteiger partial charge in [0.2, 0.25) is 0 Å². The number of hydrogen-bond donors (Lipinski definition) is 2. The van der Waals surface area contributed by atoms with Crippen molar-refractivity contribution in [3.05, 3.63) is 33.9 Å². The van der Waals surface area contributed by atoms with Crippen LogP contribution in [0.1, 0.15) is 48.9 Å². The molecule has 154 valence electrons. The minimum atomic E-state index is -0.429. The molecular formula is C20H30N4O4. The van der Waals surface area contributed by atoms with Gasteiger partial charge in [0.1, 0.15) is 5.69 Å². The fourth-order valence-corrected chi connectivity index (χ4v) is 3.84. The number of nitrogens with one attached hydrogen (secondary N) is 2. The zero-order chi connectivity index (χ0) is 19.8. The number of benzene rings is 1. The Morgan fingerprint density at radius 1 is 1.21 bits per heavy atom. The summed E-state index contributed by atoms with van der Waals surface area (Å²) in [6.45, 7) is 4.99. The molecule has 28 heavy (non-hydrogen) atoms. The van der Waals surface area contributed by atoms with E-state index in [2.05, 4.69) is 15.5 Å². The van der Waals surface area contributed by atoms with Crippen LogP contribution in [0.3, 0.4) is 0 Å². The number of amides is 1. The average molecular weight is 390 g/mol. The van der Waals surface area contributed by atoms with Crippen molar-refractivity contribution >= 4 is 17.3 Å². The summed E-state index contributed by atoms with van der Waals surface area (Å²) in [4.78, 5) is 25.8. The highest BCUT2D eigenvalue weighted by molar-refractivity contribution is 5.95. The Morgan fingerprint density at radius 3 is 2.68 bits per heavy atom. The number of nitro benzene ring substituents is 1. The predicted octanol–water partition coefficient (Wildman–Crippen LogP) is 2.79. The largest absolute Gasteiger partial charge is 0.379 e. The van der Waals surface area contributed by atoms with Crippen LogP contribution in [0, 0.1) is 10.1 Å². The number of hydrogen-bond acceptors (Lipinski definition) is 6. The molecule has 2 N–H and O–H groups in total. The van der Waals surface area contributed by atoms with Gasteiger partial charge in [0.25, 0.3) is 11.6 Å². The lowest BCUT2D eigenvalue weighted by atomic mass is 9.95. The van der Waals surface area contributed by atoms with Crippen molar-refractivity contribution in [3.8, 4) is 0 Å². The lowest BCUT2D eigenvalue weighted by molar-refractivity contribution is -0.384. The number of morpholine rings is 1. The molecule has 0 spiro atoms. The number of rotatable bonds is 8. The summed E-state index contributed by atoms with van der Waals surface area (Å²) in [5, 5.41) is 17.6. The van der Waals surface area contributed by atoms with E-state index < -0.39 is 4.92 Å². The van der Waals surface area contributed by atoms with Gasteiger partial charge >= 0.3 is 0 Å². The van der Waals surface area contributed by atoms with Crippen molar-refractivity contribution in [2.75, 3.05) is 44.7 Å². The zero-order valence-corrected chi connectivity index (χ0v) is 16.3. The molecule has 2 aliphatic rings. The van der Waals surface area contributed by atoms with Crippen LogP contribution in [0.4, 0.5) is 11.4 Å². The van der Waals surface area contributed by atoms with Gasteiger partial charge in [-0.3, -0.25) is 19.8 Å². The second kappa shape index (κ2) is 10.4. The molecule has 1 amide bonds. The first-order valence-electron chi connectivity index (χ1n) is 10.3. The van der Waals surface area contributed by atoms with Crippen LogP contribution in [0.15, 0.2) is 18.2 Å². The third-order valence-electron chi connectivity index (χ3n) is 5.47. The van der Waals surface area contributed by atoms with Crippen molar-refractivity contribution in [1.82, 2.24) is 10.2 Å². The molecule has 3 rings (SSSR count). The van der Waals surface area contributed by atoms with Crippen LogP contribution < -0.4 is 10.6 Å². The van der Waals surface area contributed by atoms with Gasteiger partial charge in [-0.1, -0.05) is 19.3 Å². The Balaban J connectivity index is 1.54. The molecule has 1 aromatic rings. The average Bonchev–Trinajstić information content (AvgIpc) is 2.72. The van der Waals surface area contributed by atoms with Crippen LogP contribution in [0.5, 0.6) is 0 Å². The molecule has 0 atom stereocenters. The first-order valence-corrected chi connectivity index (χ1v) is 10.3. The van der Waals surface area contributed by atoms with E-state index >= 15 is 0 Å². The van der Waals surface area contributed by atoms with Crippen LogP contribution in [0.25, 0.3) is 0 Å². The molecule has 0 unspecified atom stereocenters. The third kappa shape index (κ3) is 5.90. The highest BCUT2D eigenvalue weighted by Crippen LogP contribution is 2.26. The number of nitrogens with zero attached hydrogens (tertiary/aromatic N) is 2. The number of nitro groups is 1. The van der Waals surface area contributed by atoms with Gasteiger partial charge in [0, 0.05) is 37.3 Å². The van der Waals surface area contributed by atoms with Gasteiger partial charge in [-0.25, -0.2) is 0 Å². The Labute approximate surface area is 165 Å². The molecular weight excluding hydrogens is 360 g/mol. The van der Waals surface area contributed by atoms with Crippen LogP contribution in [-0.4, -0.2) is 61.2 Å². The van der Waals surface area contributed by atoms with Gasteiger partial charge in [-0.2, -0.15) is 0 Å². The van der Waals surface area contributed by atoms with E-state index in [-0.39, 0.29) is 17.6 Å². The van der Waals surface area contributed by atoms with Gasteiger partial charge in [0.05, 0.1) is 18.1 Å². The van der Waals surface area contributed by atoms with E-state index in [1.165, 1.54) is 12.5 Å². The second-order valence-electron chi connectivity index (χ2n) is 7.53. The Morgan fingerprint density at radius 2 is 1.96 bits per heavy atom. The first-order chi connectivity index (χ1) is 13.6. The van der Waals surface area contributed by atoms with Crippen LogP contribution in [0.2, 0.25) is 0 Å². The first kappa shape index (κ1) is 20.5. The third-order valence-corrected chi connectivity index (χ3v) is 5.47. The minimum Gasteiger partial charge on any atom is -0.379 e. The predicted molar refractivity (Wildman–Crippen MR) is 108 cm³/mol. The standard InChI is InChI=1S/C20H30N4O4/c25-20(22-17-5-2-1-3-6-17)16-7-8-18(19(15-16)24(26)27)21-9-4-10-23-11-13-28-14-12-23/h7-8,15,17,21H,1-6,9-14H2,(H,22,25). The molecule has 0 bridgehead atoms. The maximum atomic E-state index is 12.5. The molecule has 1 aromatic carbocycles. The van der Waals surface area contributed by atoms with Gasteiger partial charge in [-0.15, -0.1) is 0 Å². The zero-order valence-electron chi connectivity index (χ0n) is 16.3. The molecule has 2 fully saturated rings. The van der Waals surface area contributed by atoms with E-state index in [1.54, 1.807) is 12.1 Å². The maximum absolute atomic E-state index is 12.5. The van der Waals surface area contributed by atoms with E-state index in [4.69, 9.17) is 4.74 Å². The van der Waals surface area contributed by atoms with Gasteiger partial charge in [0.15, 0.2) is 0 Å². The molecule has 0 aromatic heterocycles. The lowest BCUT2D eigenvalue weighted by Gasteiger charge is -2.26. The summed E-state index contributed by atoms with van der Waals surface area (Å²) in [6.07, 6.45) is 6.31. The van der Waals surface area contributed by atoms with Gasteiger partial charge in [-0.05, 0) is 37.9 Å². The van der Waals surface area contributed by atoms with Crippen molar-refractivity contribution < 1.29 is 14.5 Å². The molecule has 1 aliphatic heterocycles. The fraction of sp³-hybridized carbons (Fsp3) is 0.650. The van der Waals surface area contributed by atoms with E-state index in [0.29, 0.717) is 17.8 Å². The summed E-state index contributed by atoms with van der Waals surface area (Å²) >= 11 is 0. The van der Waals surface area contributed by atoms with Crippen molar-refractivity contribution in [3.63, 3.8) is 0 Å². The quantitative estimate of drug-likeness (QED) is 0.402. The molecule has 1 saturated heterocycles. The Kier molecular flexibility index (Phi) is 7.62. The molecule has 1 saturated carbocycles. The van der Waals surface area contributed by atoms with Crippen LogP contribution >= 0.6 is 0 Å². The summed E-state index contributed by atoms with van der Waals surface area (Å²) in [6, 6.07) is 4.86. The smallest absolute Gasteiger partial charge is 0.293 e. The fourth-order valence-electron chi connectivity index (χ4n) is 3.84. The summed E-state index contributed by atoms with van der Waals surface area (Å²) in [5.74, 6) is -0.228. The second-order valence-corrected chi connectivity index (χ2v) is 7.53. The molecule has 0 radical (unpaired) electrons.